The summed E-state index contributed by atoms with van der Waals surface area (Å²) in [7, 11) is 0. The van der Waals surface area contributed by atoms with Crippen LogP contribution in [0.15, 0.2) is 66.7 Å². The molecule has 178 valence electrons. The van der Waals surface area contributed by atoms with Gasteiger partial charge in [0.05, 0.1) is 0 Å². The summed E-state index contributed by atoms with van der Waals surface area (Å²) in [5.41, 5.74) is 1.92. The van der Waals surface area contributed by atoms with Gasteiger partial charge < -0.3 is 18.9 Å². The van der Waals surface area contributed by atoms with E-state index in [1.54, 1.807) is 30.3 Å². The Bertz CT molecular complexity index is 1440. The zero-order valence-corrected chi connectivity index (χ0v) is 20.4. The van der Waals surface area contributed by atoms with E-state index in [1.165, 1.54) is 13.8 Å². The average Bonchev–Trinajstić information content (AvgIpc) is 2.78. The highest BCUT2D eigenvalue weighted by molar-refractivity contribution is 6.31. The van der Waals surface area contributed by atoms with E-state index in [0.717, 1.165) is 11.1 Å². The number of carbonyl (C=O) groups is 2. The first-order valence-corrected chi connectivity index (χ1v) is 11.2. The van der Waals surface area contributed by atoms with Gasteiger partial charge in [0.25, 0.3) is 0 Å². The van der Waals surface area contributed by atoms with Crippen molar-refractivity contribution in [1.82, 2.24) is 0 Å². The molecule has 0 aliphatic carbocycles. The van der Waals surface area contributed by atoms with Crippen LogP contribution in [-0.4, -0.2) is 11.9 Å². The van der Waals surface area contributed by atoms with Crippen LogP contribution < -0.4 is 18.9 Å². The van der Waals surface area contributed by atoms with Crippen LogP contribution in [0.2, 0.25) is 5.02 Å². The number of benzene rings is 4. The normalized spacial score (nSPS) is 10.7. The van der Waals surface area contributed by atoms with E-state index in [2.05, 4.69) is 0 Å². The summed E-state index contributed by atoms with van der Waals surface area (Å²) in [5, 5.41) is 1.27. The van der Waals surface area contributed by atoms with Crippen LogP contribution >= 0.6 is 11.6 Å². The molecule has 0 atom stereocenters. The van der Waals surface area contributed by atoms with E-state index >= 15 is 0 Å². The minimum Gasteiger partial charge on any atom is -0.449 e. The van der Waals surface area contributed by atoms with Gasteiger partial charge in [0.15, 0.2) is 11.5 Å². The molecular formula is C28H23ClO6. The topological polar surface area (TPSA) is 71.1 Å². The Morgan fingerprint density at radius 3 is 1.57 bits per heavy atom. The molecule has 4 rings (SSSR count). The Hall–Kier alpha value is -4.03. The molecule has 0 radical (unpaired) electrons. The van der Waals surface area contributed by atoms with Crippen LogP contribution in [0.4, 0.5) is 0 Å². The van der Waals surface area contributed by atoms with E-state index in [1.807, 2.05) is 50.2 Å². The lowest BCUT2D eigenvalue weighted by Gasteiger charge is -2.21. The molecule has 0 fully saturated rings. The largest absolute Gasteiger partial charge is 0.449 e. The Kier molecular flexibility index (Phi) is 6.94. The van der Waals surface area contributed by atoms with Crippen molar-refractivity contribution in [3.05, 3.63) is 82.9 Å². The zero-order chi connectivity index (χ0) is 25.1. The van der Waals surface area contributed by atoms with E-state index < -0.39 is 11.9 Å². The molecule has 0 aliphatic rings. The number of ether oxygens (including phenoxy) is 4. The molecule has 0 saturated heterocycles. The molecule has 0 N–H and O–H groups in total. The molecule has 0 spiro atoms. The lowest BCUT2D eigenvalue weighted by Crippen LogP contribution is -2.08. The first-order chi connectivity index (χ1) is 16.7. The predicted octanol–water partition coefficient (Wildman–Crippen LogP) is 7.55. The van der Waals surface area contributed by atoms with E-state index in [-0.39, 0.29) is 23.0 Å². The summed E-state index contributed by atoms with van der Waals surface area (Å²) in [5.74, 6) is 0.187. The summed E-state index contributed by atoms with van der Waals surface area (Å²) >= 11 is 6.29. The second-order valence-electron chi connectivity index (χ2n) is 8.03. The summed E-state index contributed by atoms with van der Waals surface area (Å²) in [6.45, 7) is 6.43. The van der Waals surface area contributed by atoms with Gasteiger partial charge in [-0.25, -0.2) is 0 Å². The van der Waals surface area contributed by atoms with E-state index in [4.69, 9.17) is 30.5 Å². The minimum atomic E-state index is -0.567. The molecule has 7 heteroatoms. The number of carbonyl (C=O) groups excluding carboxylic acids is 2. The summed E-state index contributed by atoms with van der Waals surface area (Å²) < 4.78 is 23.8. The molecule has 0 aromatic heterocycles. The average molecular weight is 491 g/mol. The Balaban J connectivity index is 2.08. The van der Waals surface area contributed by atoms with Gasteiger partial charge in [0.2, 0.25) is 11.5 Å². The SMILES string of the molecule is CC(=O)Oc1c(Oc2cccc(C)c2)c(Oc2cccc(C)c2)c(OC(C)=O)c2cc(Cl)ccc12. The Morgan fingerprint density at radius 2 is 1.11 bits per heavy atom. The maximum atomic E-state index is 12.1. The molecule has 0 amide bonds. The van der Waals surface area contributed by atoms with Gasteiger partial charge in [-0.05, 0) is 67.4 Å². The van der Waals surface area contributed by atoms with Gasteiger partial charge in [-0.15, -0.1) is 0 Å². The fourth-order valence-electron chi connectivity index (χ4n) is 3.62. The fourth-order valence-corrected chi connectivity index (χ4v) is 3.79. The van der Waals surface area contributed by atoms with Gasteiger partial charge in [0.1, 0.15) is 11.5 Å². The molecule has 0 heterocycles. The monoisotopic (exact) mass is 490 g/mol. The van der Waals surface area contributed by atoms with Crippen LogP contribution in [-0.2, 0) is 9.59 Å². The molecule has 6 nitrogen and oxygen atoms in total. The van der Waals surface area contributed by atoms with Crippen molar-refractivity contribution >= 4 is 34.3 Å². The highest BCUT2D eigenvalue weighted by Crippen LogP contribution is 2.54. The van der Waals surface area contributed by atoms with Crippen molar-refractivity contribution < 1.29 is 28.5 Å². The predicted molar refractivity (Wildman–Crippen MR) is 134 cm³/mol. The molecule has 0 bridgehead atoms. The van der Waals surface area contributed by atoms with Crippen molar-refractivity contribution in [2.45, 2.75) is 27.7 Å². The molecule has 0 aliphatic heterocycles. The van der Waals surface area contributed by atoms with Crippen molar-refractivity contribution in [2.75, 3.05) is 0 Å². The molecular weight excluding hydrogens is 468 g/mol. The lowest BCUT2D eigenvalue weighted by atomic mass is 10.1. The number of fused-ring (bicyclic) bond motifs is 1. The van der Waals surface area contributed by atoms with Gasteiger partial charge in [-0.1, -0.05) is 35.9 Å². The van der Waals surface area contributed by atoms with Crippen LogP contribution in [0.1, 0.15) is 25.0 Å². The first-order valence-electron chi connectivity index (χ1n) is 10.9. The molecule has 0 saturated carbocycles. The van der Waals surface area contributed by atoms with Gasteiger partial charge in [0, 0.05) is 29.6 Å². The standard InChI is InChI=1S/C28H23ClO6/c1-16-7-5-9-21(13-16)34-27-25(32-18(3)30)23-12-11-20(29)15-24(23)26(33-19(4)31)28(27)35-22-10-6-8-17(2)14-22/h5-15H,1-4H3. The lowest BCUT2D eigenvalue weighted by molar-refractivity contribution is -0.133. The first kappa shape index (κ1) is 24.1. The number of hydrogen-bond acceptors (Lipinski definition) is 6. The molecule has 35 heavy (non-hydrogen) atoms. The number of halogens is 1. The van der Waals surface area contributed by atoms with Crippen molar-refractivity contribution in [1.29, 1.82) is 0 Å². The van der Waals surface area contributed by atoms with Crippen molar-refractivity contribution in [3.63, 3.8) is 0 Å². The number of aryl methyl sites for hydroxylation is 2. The third kappa shape index (κ3) is 5.55. The molecule has 0 unspecified atom stereocenters. The van der Waals surface area contributed by atoms with Gasteiger partial charge >= 0.3 is 11.9 Å². The summed E-state index contributed by atoms with van der Waals surface area (Å²) in [4.78, 5) is 24.3. The quantitative estimate of drug-likeness (QED) is 0.205. The van der Waals surface area contributed by atoms with Crippen molar-refractivity contribution in [3.8, 4) is 34.5 Å². The Morgan fingerprint density at radius 1 is 0.629 bits per heavy atom. The number of esters is 2. The third-order valence-corrected chi connectivity index (χ3v) is 5.24. The van der Waals surface area contributed by atoms with Crippen molar-refractivity contribution in [2.24, 2.45) is 0 Å². The highest BCUT2D eigenvalue weighted by Gasteiger charge is 2.28. The van der Waals surface area contributed by atoms with E-state index in [0.29, 0.717) is 27.3 Å². The van der Waals surface area contributed by atoms with Crippen LogP contribution in [0.25, 0.3) is 10.8 Å². The second kappa shape index (κ2) is 10.1. The Labute approximate surface area is 207 Å². The molecule has 4 aromatic carbocycles. The fraction of sp³-hybridized carbons (Fsp3) is 0.143. The smallest absolute Gasteiger partial charge is 0.308 e. The highest BCUT2D eigenvalue weighted by atomic mass is 35.5. The maximum Gasteiger partial charge on any atom is 0.308 e. The summed E-state index contributed by atoms with van der Waals surface area (Å²) in [6.07, 6.45) is 0. The van der Waals surface area contributed by atoms with Gasteiger partial charge in [-0.2, -0.15) is 0 Å². The van der Waals surface area contributed by atoms with Crippen LogP contribution in [0.5, 0.6) is 34.5 Å². The van der Waals surface area contributed by atoms with Gasteiger partial charge in [-0.3, -0.25) is 9.59 Å². The second-order valence-corrected chi connectivity index (χ2v) is 8.47. The third-order valence-electron chi connectivity index (χ3n) is 5.00. The van der Waals surface area contributed by atoms with Crippen LogP contribution in [0, 0.1) is 13.8 Å². The van der Waals surface area contributed by atoms with E-state index in [9.17, 15) is 9.59 Å². The number of rotatable bonds is 6. The molecule has 4 aromatic rings. The minimum absolute atomic E-state index is 0.0679. The van der Waals surface area contributed by atoms with Crippen LogP contribution in [0.3, 0.4) is 0 Å². The summed E-state index contributed by atoms with van der Waals surface area (Å²) in [6, 6.07) is 19.6. The zero-order valence-electron chi connectivity index (χ0n) is 19.7. The maximum absolute atomic E-state index is 12.1. The number of hydrogen-bond donors (Lipinski definition) is 0.